The van der Waals surface area contributed by atoms with Crippen molar-refractivity contribution in [2.45, 2.75) is 43.7 Å². The second-order valence-corrected chi connectivity index (χ2v) is 4.18. The second-order valence-electron chi connectivity index (χ2n) is 4.18. The molecule has 1 aliphatic carbocycles. The van der Waals surface area contributed by atoms with Crippen molar-refractivity contribution in [1.82, 2.24) is 5.32 Å². The van der Waals surface area contributed by atoms with Gasteiger partial charge in [0, 0.05) is 5.54 Å². The van der Waals surface area contributed by atoms with E-state index in [9.17, 15) is 0 Å². The van der Waals surface area contributed by atoms with Crippen LogP contribution < -0.4 is 5.32 Å². The standard InChI is InChI=1S/C10H16N2O/c11-6-9-7-13-8-10(12-9)4-2-1-3-5-10/h9,12H,1-5,7-8H2. The van der Waals surface area contributed by atoms with Gasteiger partial charge >= 0.3 is 0 Å². The van der Waals surface area contributed by atoms with E-state index in [-0.39, 0.29) is 11.6 Å². The van der Waals surface area contributed by atoms with Gasteiger partial charge in [0.05, 0.1) is 19.3 Å². The Hall–Kier alpha value is -0.590. The van der Waals surface area contributed by atoms with Crippen LogP contribution in [0.25, 0.3) is 0 Å². The molecular formula is C10H16N2O. The van der Waals surface area contributed by atoms with Gasteiger partial charge in [-0.1, -0.05) is 19.3 Å². The van der Waals surface area contributed by atoms with Crippen LogP contribution in [0.1, 0.15) is 32.1 Å². The molecule has 1 unspecified atom stereocenters. The van der Waals surface area contributed by atoms with Crippen molar-refractivity contribution < 1.29 is 4.74 Å². The number of nitrogens with zero attached hydrogens (tertiary/aromatic N) is 1. The molecule has 1 heterocycles. The summed E-state index contributed by atoms with van der Waals surface area (Å²) in [4.78, 5) is 0. The van der Waals surface area contributed by atoms with Crippen LogP contribution in [0, 0.1) is 11.3 Å². The lowest BCUT2D eigenvalue weighted by atomic mass is 9.81. The fourth-order valence-corrected chi connectivity index (χ4v) is 2.41. The van der Waals surface area contributed by atoms with Crippen LogP contribution in [0.5, 0.6) is 0 Å². The van der Waals surface area contributed by atoms with Gasteiger partial charge in [-0.3, -0.25) is 5.32 Å². The number of nitrogens with one attached hydrogen (secondary N) is 1. The van der Waals surface area contributed by atoms with Crippen LogP contribution >= 0.6 is 0 Å². The van der Waals surface area contributed by atoms with E-state index in [1.54, 1.807) is 0 Å². The van der Waals surface area contributed by atoms with Crippen molar-refractivity contribution in [3.8, 4) is 6.07 Å². The number of hydrogen-bond acceptors (Lipinski definition) is 3. The summed E-state index contributed by atoms with van der Waals surface area (Å²) in [6, 6.07) is 2.15. The Morgan fingerprint density at radius 3 is 2.77 bits per heavy atom. The van der Waals surface area contributed by atoms with E-state index in [1.165, 1.54) is 32.1 Å². The lowest BCUT2D eigenvalue weighted by molar-refractivity contribution is -0.00523. The Bertz CT molecular complexity index is 210. The predicted molar refractivity (Wildman–Crippen MR) is 49.2 cm³/mol. The smallest absolute Gasteiger partial charge is 0.119 e. The first-order valence-electron chi connectivity index (χ1n) is 5.10. The molecule has 3 heteroatoms. The van der Waals surface area contributed by atoms with Crippen LogP contribution in [0.15, 0.2) is 0 Å². The molecule has 1 spiro atoms. The third-order valence-corrected chi connectivity index (χ3v) is 3.11. The summed E-state index contributed by atoms with van der Waals surface area (Å²) in [6.45, 7) is 1.35. The highest BCUT2D eigenvalue weighted by Crippen LogP contribution is 2.30. The van der Waals surface area contributed by atoms with Gasteiger partial charge in [0.15, 0.2) is 0 Å². The fourth-order valence-electron chi connectivity index (χ4n) is 2.41. The Kier molecular flexibility index (Phi) is 2.52. The van der Waals surface area contributed by atoms with E-state index in [0.717, 1.165) is 6.61 Å². The molecule has 0 aromatic rings. The Balaban J connectivity index is 2.00. The van der Waals surface area contributed by atoms with Gasteiger partial charge in [0.25, 0.3) is 0 Å². The minimum absolute atomic E-state index is 0.0909. The molecule has 1 atom stereocenters. The third kappa shape index (κ3) is 1.84. The average molecular weight is 180 g/mol. The van der Waals surface area contributed by atoms with Crippen LogP contribution in [-0.4, -0.2) is 24.8 Å². The van der Waals surface area contributed by atoms with Gasteiger partial charge < -0.3 is 4.74 Å². The molecule has 72 valence electrons. The molecule has 3 nitrogen and oxygen atoms in total. The van der Waals surface area contributed by atoms with Crippen LogP contribution in [0.4, 0.5) is 0 Å². The lowest BCUT2D eigenvalue weighted by Crippen LogP contribution is -2.59. The summed E-state index contributed by atoms with van der Waals surface area (Å²) in [7, 11) is 0. The first-order chi connectivity index (χ1) is 6.35. The normalized spacial score (nSPS) is 32.7. The summed E-state index contributed by atoms with van der Waals surface area (Å²) >= 11 is 0. The summed E-state index contributed by atoms with van der Waals surface area (Å²) in [5.74, 6) is 0. The summed E-state index contributed by atoms with van der Waals surface area (Å²) in [5, 5.41) is 12.2. The van der Waals surface area contributed by atoms with Gasteiger partial charge in [-0.2, -0.15) is 5.26 Å². The van der Waals surface area contributed by atoms with E-state index < -0.39 is 0 Å². The minimum Gasteiger partial charge on any atom is -0.377 e. The number of rotatable bonds is 0. The van der Waals surface area contributed by atoms with Crippen molar-refractivity contribution in [1.29, 1.82) is 5.26 Å². The summed E-state index contributed by atoms with van der Waals surface area (Å²) in [6.07, 6.45) is 6.22. The van der Waals surface area contributed by atoms with E-state index in [1.807, 2.05) is 0 Å². The molecule has 2 fully saturated rings. The van der Waals surface area contributed by atoms with Crippen molar-refractivity contribution in [3.05, 3.63) is 0 Å². The molecule has 2 aliphatic rings. The molecule has 0 aromatic heterocycles. The van der Waals surface area contributed by atoms with Gasteiger partial charge in [0.2, 0.25) is 0 Å². The van der Waals surface area contributed by atoms with Crippen LogP contribution in [0.3, 0.4) is 0 Å². The number of ether oxygens (including phenoxy) is 1. The highest BCUT2D eigenvalue weighted by atomic mass is 16.5. The Labute approximate surface area is 79.1 Å². The number of morpholine rings is 1. The second kappa shape index (κ2) is 3.65. The largest absolute Gasteiger partial charge is 0.377 e. The van der Waals surface area contributed by atoms with Crippen molar-refractivity contribution in [2.24, 2.45) is 0 Å². The topological polar surface area (TPSA) is 45.0 Å². The monoisotopic (exact) mass is 180 g/mol. The maximum absolute atomic E-state index is 8.81. The minimum atomic E-state index is -0.0909. The van der Waals surface area contributed by atoms with Gasteiger partial charge in [-0.15, -0.1) is 0 Å². The molecule has 2 rings (SSSR count). The van der Waals surface area contributed by atoms with E-state index in [4.69, 9.17) is 10.00 Å². The highest BCUT2D eigenvalue weighted by molar-refractivity contribution is 5.02. The molecule has 13 heavy (non-hydrogen) atoms. The van der Waals surface area contributed by atoms with Gasteiger partial charge in [0.1, 0.15) is 6.04 Å². The first kappa shape index (κ1) is 8.98. The molecule has 1 saturated carbocycles. The summed E-state index contributed by atoms with van der Waals surface area (Å²) < 4.78 is 5.48. The quantitative estimate of drug-likeness (QED) is 0.609. The molecule has 1 aliphatic heterocycles. The van der Waals surface area contributed by atoms with Crippen molar-refractivity contribution >= 4 is 0 Å². The molecule has 0 aromatic carbocycles. The molecule has 1 N–H and O–H groups in total. The molecule has 0 amide bonds. The van der Waals surface area contributed by atoms with E-state index in [0.29, 0.717) is 6.61 Å². The zero-order chi connectivity index (χ0) is 9.15. The van der Waals surface area contributed by atoms with Crippen molar-refractivity contribution in [3.63, 3.8) is 0 Å². The summed E-state index contributed by atoms with van der Waals surface area (Å²) in [5.41, 5.74) is 0.136. The number of nitriles is 1. The molecule has 0 radical (unpaired) electrons. The number of hydrogen-bond donors (Lipinski definition) is 1. The fraction of sp³-hybridized carbons (Fsp3) is 0.900. The zero-order valence-corrected chi connectivity index (χ0v) is 7.88. The van der Waals surface area contributed by atoms with E-state index in [2.05, 4.69) is 11.4 Å². The predicted octanol–water partition coefficient (Wildman–Crippen LogP) is 1.20. The van der Waals surface area contributed by atoms with Crippen LogP contribution in [-0.2, 0) is 4.74 Å². The SMILES string of the molecule is N#CC1COCC2(CCCCC2)N1. The lowest BCUT2D eigenvalue weighted by Gasteiger charge is -2.42. The van der Waals surface area contributed by atoms with E-state index >= 15 is 0 Å². The Morgan fingerprint density at radius 2 is 2.08 bits per heavy atom. The zero-order valence-electron chi connectivity index (χ0n) is 7.88. The third-order valence-electron chi connectivity index (χ3n) is 3.11. The highest BCUT2D eigenvalue weighted by Gasteiger charge is 2.37. The molecular weight excluding hydrogens is 164 g/mol. The van der Waals surface area contributed by atoms with Gasteiger partial charge in [-0.25, -0.2) is 0 Å². The van der Waals surface area contributed by atoms with Crippen molar-refractivity contribution in [2.75, 3.05) is 13.2 Å². The van der Waals surface area contributed by atoms with Gasteiger partial charge in [-0.05, 0) is 12.8 Å². The average Bonchev–Trinajstić information content (AvgIpc) is 2.19. The van der Waals surface area contributed by atoms with Crippen LogP contribution in [0.2, 0.25) is 0 Å². The maximum Gasteiger partial charge on any atom is 0.119 e. The molecule has 0 bridgehead atoms. The first-order valence-corrected chi connectivity index (χ1v) is 5.10. The Morgan fingerprint density at radius 1 is 1.31 bits per heavy atom. The molecule has 1 saturated heterocycles. The maximum atomic E-state index is 8.81.